The maximum absolute atomic E-state index is 13.6. The van der Waals surface area contributed by atoms with E-state index in [4.69, 9.17) is 9.84 Å². The highest BCUT2D eigenvalue weighted by Crippen LogP contribution is 2.16. The molecule has 0 saturated heterocycles. The molecule has 0 aliphatic heterocycles. The van der Waals surface area contributed by atoms with Crippen molar-refractivity contribution in [3.63, 3.8) is 0 Å². The molecule has 4 heteroatoms. The van der Waals surface area contributed by atoms with Gasteiger partial charge in [0, 0.05) is 24.8 Å². The second-order valence-electron chi connectivity index (χ2n) is 4.56. The molecule has 1 unspecified atom stereocenters. The third-order valence-corrected chi connectivity index (χ3v) is 2.94. The van der Waals surface area contributed by atoms with Crippen LogP contribution in [-0.4, -0.2) is 25.4 Å². The largest absolute Gasteiger partial charge is 0.497 e. The van der Waals surface area contributed by atoms with Gasteiger partial charge in [0.1, 0.15) is 11.6 Å². The zero-order valence-electron chi connectivity index (χ0n) is 11.1. The van der Waals surface area contributed by atoms with Gasteiger partial charge in [0.2, 0.25) is 0 Å². The molecule has 0 aliphatic carbocycles. The molecule has 102 valence electrons. The Kier molecular flexibility index (Phi) is 6.68. The van der Waals surface area contributed by atoms with E-state index in [0.717, 1.165) is 19.4 Å². The SMILES string of the molecule is COc1ccc(CNCCCC(C)CO)c(F)c1. The molecule has 1 aromatic rings. The average molecular weight is 255 g/mol. The van der Waals surface area contributed by atoms with Crippen LogP contribution in [0.15, 0.2) is 18.2 Å². The maximum atomic E-state index is 13.6. The van der Waals surface area contributed by atoms with E-state index in [0.29, 0.717) is 23.8 Å². The third-order valence-electron chi connectivity index (χ3n) is 2.94. The molecule has 0 heterocycles. The van der Waals surface area contributed by atoms with Crippen molar-refractivity contribution in [2.45, 2.75) is 26.3 Å². The summed E-state index contributed by atoms with van der Waals surface area (Å²) in [5.74, 6) is 0.628. The first-order chi connectivity index (χ1) is 8.67. The van der Waals surface area contributed by atoms with E-state index < -0.39 is 0 Å². The van der Waals surface area contributed by atoms with Crippen LogP contribution in [0.1, 0.15) is 25.3 Å². The molecule has 0 amide bonds. The molecule has 2 N–H and O–H groups in total. The number of ether oxygens (including phenoxy) is 1. The van der Waals surface area contributed by atoms with Crippen LogP contribution < -0.4 is 10.1 Å². The van der Waals surface area contributed by atoms with Crippen LogP contribution in [-0.2, 0) is 6.54 Å². The minimum absolute atomic E-state index is 0.229. The highest BCUT2D eigenvalue weighted by Gasteiger charge is 2.04. The number of hydrogen-bond donors (Lipinski definition) is 2. The minimum atomic E-state index is -0.245. The smallest absolute Gasteiger partial charge is 0.131 e. The van der Waals surface area contributed by atoms with Gasteiger partial charge in [-0.1, -0.05) is 13.0 Å². The van der Waals surface area contributed by atoms with Crippen molar-refractivity contribution in [1.29, 1.82) is 0 Å². The Morgan fingerprint density at radius 3 is 2.83 bits per heavy atom. The van der Waals surface area contributed by atoms with Crippen molar-refractivity contribution in [2.24, 2.45) is 5.92 Å². The number of rotatable bonds is 8. The minimum Gasteiger partial charge on any atom is -0.497 e. The van der Waals surface area contributed by atoms with Gasteiger partial charge in [0.15, 0.2) is 0 Å². The molecule has 3 nitrogen and oxygen atoms in total. The lowest BCUT2D eigenvalue weighted by Gasteiger charge is -2.09. The van der Waals surface area contributed by atoms with Gasteiger partial charge in [-0.15, -0.1) is 0 Å². The predicted molar refractivity (Wildman–Crippen MR) is 70.1 cm³/mol. The number of methoxy groups -OCH3 is 1. The van der Waals surface area contributed by atoms with Crippen LogP contribution in [0.25, 0.3) is 0 Å². The van der Waals surface area contributed by atoms with Crippen LogP contribution in [0.3, 0.4) is 0 Å². The van der Waals surface area contributed by atoms with E-state index in [9.17, 15) is 4.39 Å². The van der Waals surface area contributed by atoms with Crippen molar-refractivity contribution in [3.05, 3.63) is 29.6 Å². The van der Waals surface area contributed by atoms with Crippen LogP contribution in [0.4, 0.5) is 4.39 Å². The fourth-order valence-corrected chi connectivity index (χ4v) is 1.69. The lowest BCUT2D eigenvalue weighted by Crippen LogP contribution is -2.16. The molecule has 0 radical (unpaired) electrons. The van der Waals surface area contributed by atoms with E-state index in [-0.39, 0.29) is 12.4 Å². The average Bonchev–Trinajstić information content (AvgIpc) is 2.39. The van der Waals surface area contributed by atoms with Crippen LogP contribution in [0, 0.1) is 11.7 Å². The summed E-state index contributed by atoms with van der Waals surface area (Å²) in [6.45, 7) is 3.59. The van der Waals surface area contributed by atoms with E-state index >= 15 is 0 Å². The monoisotopic (exact) mass is 255 g/mol. The zero-order chi connectivity index (χ0) is 13.4. The van der Waals surface area contributed by atoms with Gasteiger partial charge in [-0.05, 0) is 31.4 Å². The van der Waals surface area contributed by atoms with E-state index in [1.54, 1.807) is 12.1 Å². The molecule has 1 atom stereocenters. The summed E-state index contributed by atoms with van der Waals surface area (Å²) >= 11 is 0. The first kappa shape index (κ1) is 14.9. The van der Waals surface area contributed by atoms with Gasteiger partial charge in [-0.25, -0.2) is 4.39 Å². The van der Waals surface area contributed by atoms with Gasteiger partial charge >= 0.3 is 0 Å². The molecule has 0 fully saturated rings. The lowest BCUT2D eigenvalue weighted by molar-refractivity contribution is 0.228. The van der Waals surface area contributed by atoms with Crippen molar-refractivity contribution in [3.8, 4) is 5.75 Å². The first-order valence-corrected chi connectivity index (χ1v) is 6.31. The highest BCUT2D eigenvalue weighted by molar-refractivity contribution is 5.28. The Balaban J connectivity index is 2.27. The fraction of sp³-hybridized carbons (Fsp3) is 0.571. The number of hydrogen-bond acceptors (Lipinski definition) is 3. The van der Waals surface area contributed by atoms with Crippen molar-refractivity contribution < 1.29 is 14.2 Å². The molecule has 18 heavy (non-hydrogen) atoms. The van der Waals surface area contributed by atoms with Gasteiger partial charge in [0.25, 0.3) is 0 Å². The maximum Gasteiger partial charge on any atom is 0.131 e. The number of nitrogens with one attached hydrogen (secondary N) is 1. The molecule has 0 spiro atoms. The Morgan fingerprint density at radius 2 is 2.22 bits per heavy atom. The van der Waals surface area contributed by atoms with Crippen LogP contribution >= 0.6 is 0 Å². The molecular formula is C14H22FNO2. The summed E-state index contributed by atoms with van der Waals surface area (Å²) in [5.41, 5.74) is 0.644. The Hall–Kier alpha value is -1.13. The molecular weight excluding hydrogens is 233 g/mol. The highest BCUT2D eigenvalue weighted by atomic mass is 19.1. The molecule has 0 aromatic heterocycles. The van der Waals surface area contributed by atoms with Crippen LogP contribution in [0.2, 0.25) is 0 Å². The molecule has 0 bridgehead atoms. The van der Waals surface area contributed by atoms with Gasteiger partial charge in [-0.2, -0.15) is 0 Å². The van der Waals surface area contributed by atoms with Crippen LogP contribution in [0.5, 0.6) is 5.75 Å². The Morgan fingerprint density at radius 1 is 1.44 bits per heavy atom. The number of aliphatic hydroxyl groups excluding tert-OH is 1. The van der Waals surface area contributed by atoms with E-state index in [1.807, 2.05) is 6.92 Å². The summed E-state index contributed by atoms with van der Waals surface area (Å²) in [5, 5.41) is 12.1. The first-order valence-electron chi connectivity index (χ1n) is 6.31. The quantitative estimate of drug-likeness (QED) is 0.701. The summed E-state index contributed by atoms with van der Waals surface area (Å²) in [4.78, 5) is 0. The fourth-order valence-electron chi connectivity index (χ4n) is 1.69. The zero-order valence-corrected chi connectivity index (χ0v) is 11.1. The molecule has 1 rings (SSSR count). The summed E-state index contributed by atoms with van der Waals surface area (Å²) in [6, 6.07) is 4.89. The van der Waals surface area contributed by atoms with E-state index in [1.165, 1.54) is 13.2 Å². The number of benzene rings is 1. The lowest BCUT2D eigenvalue weighted by atomic mass is 10.1. The summed E-state index contributed by atoms with van der Waals surface area (Å²) in [7, 11) is 1.52. The second-order valence-corrected chi connectivity index (χ2v) is 4.56. The number of halogens is 1. The normalized spacial score (nSPS) is 12.4. The van der Waals surface area contributed by atoms with Crippen molar-refractivity contribution >= 4 is 0 Å². The van der Waals surface area contributed by atoms with Crippen molar-refractivity contribution in [1.82, 2.24) is 5.32 Å². The Labute approximate surface area is 108 Å². The molecule has 0 saturated carbocycles. The predicted octanol–water partition coefficient (Wildman–Crippen LogP) is 2.33. The standard InChI is InChI=1S/C14H22FNO2/c1-11(10-17)4-3-7-16-9-12-5-6-13(18-2)8-14(12)15/h5-6,8,11,16-17H,3-4,7,9-10H2,1-2H3. The van der Waals surface area contributed by atoms with Gasteiger partial charge < -0.3 is 15.2 Å². The molecule has 0 aliphatic rings. The van der Waals surface area contributed by atoms with Crippen molar-refractivity contribution in [2.75, 3.05) is 20.3 Å². The topological polar surface area (TPSA) is 41.5 Å². The van der Waals surface area contributed by atoms with E-state index in [2.05, 4.69) is 5.32 Å². The molecule has 1 aromatic carbocycles. The summed E-state index contributed by atoms with van der Waals surface area (Å²) < 4.78 is 18.5. The third kappa shape index (κ3) is 5.02. The van der Waals surface area contributed by atoms with Gasteiger partial charge in [0.05, 0.1) is 7.11 Å². The Bertz CT molecular complexity index is 358. The number of aliphatic hydroxyl groups is 1. The van der Waals surface area contributed by atoms with Gasteiger partial charge in [-0.3, -0.25) is 0 Å². The second kappa shape index (κ2) is 8.06. The summed E-state index contributed by atoms with van der Waals surface area (Å²) in [6.07, 6.45) is 1.97.